The van der Waals surface area contributed by atoms with Crippen molar-refractivity contribution >= 4 is 29.6 Å². The van der Waals surface area contributed by atoms with Gasteiger partial charge in [0.05, 0.1) is 5.69 Å². The Balaban J connectivity index is 0.00000180. The van der Waals surface area contributed by atoms with Crippen molar-refractivity contribution in [1.29, 1.82) is 0 Å². The van der Waals surface area contributed by atoms with Crippen LogP contribution in [-0.2, 0) is 0 Å². The minimum atomic E-state index is 0. The zero-order valence-electron chi connectivity index (χ0n) is 11.5. The van der Waals surface area contributed by atoms with E-state index >= 15 is 0 Å². The number of nitrogens with zero attached hydrogens (tertiary/aromatic N) is 1. The number of aryl methyl sites for hydroxylation is 2. The molecule has 0 radical (unpaired) electrons. The van der Waals surface area contributed by atoms with Gasteiger partial charge in [0.2, 0.25) is 0 Å². The van der Waals surface area contributed by atoms with Gasteiger partial charge in [0.25, 0.3) is 0 Å². The van der Waals surface area contributed by atoms with Gasteiger partial charge in [-0.15, -0.1) is 12.4 Å². The van der Waals surface area contributed by atoms with Crippen LogP contribution in [0.2, 0.25) is 0 Å². The zero-order valence-corrected chi connectivity index (χ0v) is 12.3. The SMILES string of the molecule is CC(=Nc1ccccc1C)Nc1ccccc1C.Cl. The molecule has 0 amide bonds. The number of aliphatic imine (C=N–C) groups is 1. The van der Waals surface area contributed by atoms with Crippen molar-refractivity contribution in [3.8, 4) is 0 Å². The van der Waals surface area contributed by atoms with Gasteiger partial charge in [-0.3, -0.25) is 0 Å². The Kier molecular flexibility index (Phi) is 5.58. The lowest BCUT2D eigenvalue weighted by Gasteiger charge is -2.09. The lowest BCUT2D eigenvalue weighted by Crippen LogP contribution is -2.07. The van der Waals surface area contributed by atoms with E-state index in [-0.39, 0.29) is 12.4 Å². The molecule has 0 fully saturated rings. The summed E-state index contributed by atoms with van der Waals surface area (Å²) in [5, 5.41) is 3.34. The van der Waals surface area contributed by atoms with Crippen molar-refractivity contribution in [2.24, 2.45) is 4.99 Å². The number of amidine groups is 1. The van der Waals surface area contributed by atoms with Crippen LogP contribution in [-0.4, -0.2) is 5.84 Å². The van der Waals surface area contributed by atoms with Gasteiger partial charge in [0.1, 0.15) is 5.84 Å². The first-order chi connectivity index (χ1) is 8.66. The van der Waals surface area contributed by atoms with E-state index in [9.17, 15) is 0 Å². The molecule has 0 atom stereocenters. The van der Waals surface area contributed by atoms with Gasteiger partial charge in [0.15, 0.2) is 0 Å². The molecule has 0 spiro atoms. The average Bonchev–Trinajstić information content (AvgIpc) is 2.35. The molecule has 0 aromatic heterocycles. The van der Waals surface area contributed by atoms with Crippen LogP contribution in [0.1, 0.15) is 18.1 Å². The van der Waals surface area contributed by atoms with Gasteiger partial charge in [-0.25, -0.2) is 4.99 Å². The van der Waals surface area contributed by atoms with E-state index in [4.69, 9.17) is 0 Å². The monoisotopic (exact) mass is 274 g/mol. The topological polar surface area (TPSA) is 24.4 Å². The van der Waals surface area contributed by atoms with Crippen molar-refractivity contribution in [3.63, 3.8) is 0 Å². The molecule has 0 heterocycles. The van der Waals surface area contributed by atoms with Gasteiger partial charge in [-0.05, 0) is 44.0 Å². The highest BCUT2D eigenvalue weighted by atomic mass is 35.5. The molecule has 0 aliphatic carbocycles. The summed E-state index contributed by atoms with van der Waals surface area (Å²) in [7, 11) is 0. The first-order valence-electron chi connectivity index (χ1n) is 6.10. The molecule has 0 saturated carbocycles. The molecule has 2 aromatic carbocycles. The lowest BCUT2D eigenvalue weighted by atomic mass is 10.2. The van der Waals surface area contributed by atoms with Crippen LogP contribution in [0.4, 0.5) is 11.4 Å². The maximum absolute atomic E-state index is 4.60. The summed E-state index contributed by atoms with van der Waals surface area (Å²) >= 11 is 0. The molecular weight excluding hydrogens is 256 g/mol. The van der Waals surface area contributed by atoms with Crippen molar-refractivity contribution in [3.05, 3.63) is 59.7 Å². The highest BCUT2D eigenvalue weighted by molar-refractivity contribution is 5.95. The third-order valence-corrected chi connectivity index (χ3v) is 2.86. The van der Waals surface area contributed by atoms with Gasteiger partial charge in [-0.2, -0.15) is 0 Å². The number of hydrogen-bond acceptors (Lipinski definition) is 1. The summed E-state index contributed by atoms with van der Waals surface area (Å²) in [4.78, 5) is 4.60. The minimum Gasteiger partial charge on any atom is -0.344 e. The first-order valence-corrected chi connectivity index (χ1v) is 6.10. The number of anilines is 1. The van der Waals surface area contributed by atoms with E-state index in [1.165, 1.54) is 11.1 Å². The zero-order chi connectivity index (χ0) is 13.0. The number of benzene rings is 2. The molecule has 1 N–H and O–H groups in total. The van der Waals surface area contributed by atoms with Gasteiger partial charge in [0, 0.05) is 5.69 Å². The van der Waals surface area contributed by atoms with Crippen LogP contribution in [0.3, 0.4) is 0 Å². The van der Waals surface area contributed by atoms with Crippen LogP contribution in [0.15, 0.2) is 53.5 Å². The van der Waals surface area contributed by atoms with Gasteiger partial charge >= 0.3 is 0 Å². The number of halogens is 1. The van der Waals surface area contributed by atoms with Crippen LogP contribution in [0, 0.1) is 13.8 Å². The number of hydrogen-bond donors (Lipinski definition) is 1. The van der Waals surface area contributed by atoms with E-state index in [1.54, 1.807) is 0 Å². The largest absolute Gasteiger partial charge is 0.344 e. The fraction of sp³-hybridized carbons (Fsp3) is 0.188. The molecular formula is C16H19ClN2. The van der Waals surface area contributed by atoms with Crippen molar-refractivity contribution in [2.45, 2.75) is 20.8 Å². The van der Waals surface area contributed by atoms with E-state index in [1.807, 2.05) is 37.3 Å². The molecule has 2 nitrogen and oxygen atoms in total. The Morgan fingerprint density at radius 3 is 2.11 bits per heavy atom. The predicted octanol–water partition coefficient (Wildman–Crippen LogP) is 4.89. The van der Waals surface area contributed by atoms with Gasteiger partial charge in [-0.1, -0.05) is 36.4 Å². The highest BCUT2D eigenvalue weighted by Gasteiger charge is 1.99. The summed E-state index contributed by atoms with van der Waals surface area (Å²) < 4.78 is 0. The quantitative estimate of drug-likeness (QED) is 0.612. The number of para-hydroxylation sites is 2. The smallest absolute Gasteiger partial charge is 0.103 e. The minimum absolute atomic E-state index is 0. The van der Waals surface area contributed by atoms with E-state index in [0.717, 1.165) is 17.2 Å². The predicted molar refractivity (Wildman–Crippen MR) is 86.0 cm³/mol. The Hall–Kier alpha value is -1.80. The molecule has 0 bridgehead atoms. The van der Waals surface area contributed by atoms with Crippen LogP contribution in [0.5, 0.6) is 0 Å². The molecule has 19 heavy (non-hydrogen) atoms. The fourth-order valence-corrected chi connectivity index (χ4v) is 1.81. The maximum Gasteiger partial charge on any atom is 0.103 e. The second-order valence-corrected chi connectivity index (χ2v) is 4.42. The fourth-order valence-electron chi connectivity index (χ4n) is 1.81. The summed E-state index contributed by atoms with van der Waals surface area (Å²) in [5.74, 6) is 0.901. The molecule has 0 aliphatic rings. The van der Waals surface area contributed by atoms with Crippen LogP contribution < -0.4 is 5.32 Å². The normalized spacial score (nSPS) is 10.8. The first kappa shape index (κ1) is 15.3. The number of rotatable bonds is 2. The molecule has 2 aromatic rings. The Bertz CT molecular complexity index is 576. The molecule has 2 rings (SSSR count). The molecule has 3 heteroatoms. The van der Waals surface area contributed by atoms with Crippen molar-refractivity contribution in [1.82, 2.24) is 0 Å². The Morgan fingerprint density at radius 2 is 1.47 bits per heavy atom. The van der Waals surface area contributed by atoms with Crippen molar-refractivity contribution < 1.29 is 0 Å². The lowest BCUT2D eigenvalue weighted by molar-refractivity contribution is 1.37. The van der Waals surface area contributed by atoms with Crippen molar-refractivity contribution in [2.75, 3.05) is 5.32 Å². The summed E-state index contributed by atoms with van der Waals surface area (Å²) in [6.07, 6.45) is 0. The molecule has 100 valence electrons. The van der Waals surface area contributed by atoms with E-state index in [2.05, 4.69) is 42.4 Å². The third-order valence-electron chi connectivity index (χ3n) is 2.86. The van der Waals surface area contributed by atoms with Crippen LogP contribution >= 0.6 is 12.4 Å². The Labute approximate surface area is 121 Å². The highest BCUT2D eigenvalue weighted by Crippen LogP contribution is 2.18. The molecule has 0 saturated heterocycles. The maximum atomic E-state index is 4.60. The summed E-state index contributed by atoms with van der Waals surface area (Å²) in [6.45, 7) is 6.14. The second-order valence-electron chi connectivity index (χ2n) is 4.42. The van der Waals surface area contributed by atoms with Crippen LogP contribution in [0.25, 0.3) is 0 Å². The Morgan fingerprint density at radius 1 is 0.895 bits per heavy atom. The standard InChI is InChI=1S/C16H18N2.ClH/c1-12-8-4-6-10-15(12)17-14(3)18-16-11-7-5-9-13(16)2;/h4-11H,1-3H3,(H,17,18);1H. The molecule has 0 aliphatic heterocycles. The summed E-state index contributed by atoms with van der Waals surface area (Å²) in [6, 6.07) is 16.3. The number of nitrogens with one attached hydrogen (secondary N) is 1. The van der Waals surface area contributed by atoms with Gasteiger partial charge < -0.3 is 5.32 Å². The molecule has 0 unspecified atom stereocenters. The third kappa shape index (κ3) is 4.11. The average molecular weight is 275 g/mol. The summed E-state index contributed by atoms with van der Waals surface area (Å²) in [5.41, 5.74) is 4.52. The van der Waals surface area contributed by atoms with E-state index < -0.39 is 0 Å². The second kappa shape index (κ2) is 6.95. The van der Waals surface area contributed by atoms with E-state index in [0.29, 0.717) is 0 Å².